The lowest BCUT2D eigenvalue weighted by atomic mass is 10.1. The van der Waals surface area contributed by atoms with Gasteiger partial charge in [0.25, 0.3) is 0 Å². The Labute approximate surface area is 539 Å². The molecule has 0 saturated heterocycles. The fraction of sp³-hybridized carbons (Fsp3) is 0.522. The van der Waals surface area contributed by atoms with Gasteiger partial charge in [0.05, 0.1) is 47.1 Å². The van der Waals surface area contributed by atoms with Crippen molar-refractivity contribution < 1.29 is 26.8 Å². The van der Waals surface area contributed by atoms with Gasteiger partial charge in [-0.15, -0.1) is 22.7 Å². The van der Waals surface area contributed by atoms with E-state index in [1.165, 1.54) is 27.6 Å². The van der Waals surface area contributed by atoms with Gasteiger partial charge < -0.3 is 26.8 Å². The van der Waals surface area contributed by atoms with Crippen molar-refractivity contribution in [2.24, 2.45) is 10.9 Å². The Morgan fingerprint density at radius 2 is 1.07 bits per heavy atom. The Morgan fingerprint density at radius 1 is 0.483 bits per heavy atom. The van der Waals surface area contributed by atoms with Gasteiger partial charge in [0, 0.05) is 101 Å². The van der Waals surface area contributed by atoms with E-state index in [4.69, 9.17) is 22.3 Å². The van der Waals surface area contributed by atoms with Crippen molar-refractivity contribution in [2.45, 2.75) is 219 Å². The Hall–Kier alpha value is -7.72. The molecule has 0 saturated carbocycles. The molecule has 492 valence electrons. The summed E-state index contributed by atoms with van der Waals surface area (Å²) in [5, 5.41) is 27.9. The van der Waals surface area contributed by atoms with E-state index in [-0.39, 0.29) is 7.43 Å². The molecule has 0 fully saturated rings. The Morgan fingerprint density at radius 3 is 1.27 bits per heavy atom. The number of nitrogens with zero attached hydrogens (tertiary/aromatic N) is 13. The average molecular weight is 1270 g/mol. The molecular formula is C67H106N14O6S2. The third kappa shape index (κ3) is 38.3. The Kier molecular flexibility index (Phi) is 44.1. The van der Waals surface area contributed by atoms with Gasteiger partial charge in [0.15, 0.2) is 18.1 Å². The zero-order valence-electron chi connectivity index (χ0n) is 56.3. The van der Waals surface area contributed by atoms with Crippen LogP contribution >= 0.6 is 22.7 Å². The highest BCUT2D eigenvalue weighted by molar-refractivity contribution is 7.09. The first-order chi connectivity index (χ1) is 41.8. The SMILES string of the molecule is C.CC(C)C1=CCN=C1.CC(C)c1ccco1.CC(C)c1ccn[nH]1.CC(C)c1ccno1.CC(C)c1ccon1.CC(C)c1ncco1.CC(C)c1ncco1.CC(C)c1nccs1.CC(C)c1nccs1.CC(C)c1ncno1.CC(C)n1cncn1. The molecule has 0 bridgehead atoms. The highest BCUT2D eigenvalue weighted by Crippen LogP contribution is 2.18. The fourth-order valence-electron chi connectivity index (χ4n) is 6.00. The number of aromatic nitrogens is 13. The molecule has 1 aliphatic heterocycles. The van der Waals surface area contributed by atoms with Crippen molar-refractivity contribution in [2.75, 3.05) is 6.54 Å². The number of aromatic amines is 1. The molecule has 20 nitrogen and oxygen atoms in total. The maximum Gasteiger partial charge on any atom is 0.228 e. The molecule has 1 aliphatic rings. The monoisotopic (exact) mass is 1270 g/mol. The van der Waals surface area contributed by atoms with E-state index < -0.39 is 0 Å². The van der Waals surface area contributed by atoms with Crippen LogP contribution in [-0.4, -0.2) is 78.1 Å². The van der Waals surface area contributed by atoms with Gasteiger partial charge in [-0.2, -0.15) is 15.2 Å². The van der Waals surface area contributed by atoms with Crippen LogP contribution in [0.25, 0.3) is 0 Å². The normalized spacial score (nSPS) is 10.9. The van der Waals surface area contributed by atoms with Crippen molar-refractivity contribution in [3.05, 3.63) is 185 Å². The van der Waals surface area contributed by atoms with Crippen LogP contribution in [0.5, 0.6) is 0 Å². The summed E-state index contributed by atoms with van der Waals surface area (Å²) in [6.45, 7) is 47.0. The quantitative estimate of drug-likeness (QED) is 0.126. The molecule has 22 heteroatoms. The first kappa shape index (κ1) is 81.3. The Balaban J connectivity index is 0.000000956. The van der Waals surface area contributed by atoms with E-state index in [9.17, 15) is 0 Å². The summed E-state index contributed by atoms with van der Waals surface area (Å²) in [6.07, 6.45) is 25.7. The molecule has 0 amide bonds. The molecule has 11 rings (SSSR count). The third-order valence-electron chi connectivity index (χ3n) is 11.3. The molecule has 0 aliphatic carbocycles. The predicted octanol–water partition coefficient (Wildman–Crippen LogP) is 20.0. The standard InChI is InChI=1S/C7H11N.C7H10O.C6H10N2.4C6H9NO.2C6H9NS.C5H9N3.C5H8N2O.CH4/c1-6(2)7-3-4-8-5-7;1-6(2)7-4-3-5-8-7;1-5(2)6-3-4-7-8-6;2*1-5(2)6-7-3-4-8-6;1-5(2)6-3-4-8-7-6;1-5(2)6-3-4-7-8-6;2*1-5(2)6-7-3-4-8-6;1-5(2)8-4-6-3-7-8;1-4(2)5-6-3-7-8-5;/h3,5-6H,4H2,1-2H3;3-6H,1-2H3;3-5H,1-2H3,(H,7,8);7*3-5H,1-2H3;3-4H,1-2H3;1H4. The van der Waals surface area contributed by atoms with Crippen LogP contribution in [0.3, 0.4) is 0 Å². The topological polar surface area (TPSA) is 254 Å². The number of nitrogens with one attached hydrogen (secondary N) is 1. The van der Waals surface area contributed by atoms with Gasteiger partial charge in [-0.3, -0.25) is 14.8 Å². The summed E-state index contributed by atoms with van der Waals surface area (Å²) in [5.74, 6) is 9.35. The number of hydrogen-bond acceptors (Lipinski definition) is 20. The van der Waals surface area contributed by atoms with Gasteiger partial charge in [0.2, 0.25) is 5.89 Å². The number of thiazole rings is 2. The first-order valence-electron chi connectivity index (χ1n) is 30.1. The molecule has 0 spiro atoms. The molecule has 89 heavy (non-hydrogen) atoms. The number of allylic oxidation sites excluding steroid dienone is 1. The maximum absolute atomic E-state index is 5.09. The highest BCUT2D eigenvalue weighted by Gasteiger charge is 2.06. The van der Waals surface area contributed by atoms with Crippen molar-refractivity contribution in [3.8, 4) is 0 Å². The van der Waals surface area contributed by atoms with E-state index >= 15 is 0 Å². The summed E-state index contributed by atoms with van der Waals surface area (Å²) in [5.41, 5.74) is 3.60. The van der Waals surface area contributed by atoms with Crippen LogP contribution in [0.15, 0.2) is 166 Å². The van der Waals surface area contributed by atoms with Gasteiger partial charge in [0.1, 0.15) is 43.0 Å². The van der Waals surface area contributed by atoms with E-state index in [1.54, 1.807) is 89.9 Å². The van der Waals surface area contributed by atoms with E-state index in [2.05, 4.69) is 187 Å². The fourth-order valence-corrected chi connectivity index (χ4v) is 7.31. The lowest BCUT2D eigenvalue weighted by Crippen LogP contribution is -1.99. The van der Waals surface area contributed by atoms with Gasteiger partial charge in [-0.25, -0.2) is 24.9 Å². The minimum absolute atomic E-state index is 0. The van der Waals surface area contributed by atoms with E-state index in [0.717, 1.165) is 35.5 Å². The Bertz CT molecular complexity index is 2380. The van der Waals surface area contributed by atoms with Crippen LogP contribution in [0, 0.1) is 5.92 Å². The van der Waals surface area contributed by atoms with E-state index in [0.29, 0.717) is 71.1 Å². The minimum Gasteiger partial charge on any atom is -0.469 e. The summed E-state index contributed by atoms with van der Waals surface area (Å²) in [7, 11) is 0. The van der Waals surface area contributed by atoms with Crippen LogP contribution in [0.2, 0.25) is 0 Å². The zero-order chi connectivity index (χ0) is 65.8. The molecular weight excluding hydrogens is 1160 g/mol. The van der Waals surface area contributed by atoms with Crippen LogP contribution in [0.4, 0.5) is 0 Å². The molecule has 10 aromatic heterocycles. The minimum atomic E-state index is 0. The number of H-pyrrole nitrogens is 1. The largest absolute Gasteiger partial charge is 0.469 e. The average Bonchev–Trinajstić information content (AvgIpc) is 4.35. The molecule has 0 unspecified atom stereocenters. The van der Waals surface area contributed by atoms with E-state index in [1.807, 2.05) is 101 Å². The second-order valence-electron chi connectivity index (χ2n) is 22.8. The number of oxazole rings is 2. The molecule has 1 N–H and O–H groups in total. The van der Waals surface area contributed by atoms with Crippen molar-refractivity contribution in [1.82, 2.24) is 65.4 Å². The number of rotatable bonds is 11. The molecule has 11 heterocycles. The molecule has 0 radical (unpaired) electrons. The van der Waals surface area contributed by atoms with Crippen molar-refractivity contribution >= 4 is 28.9 Å². The highest BCUT2D eigenvalue weighted by atomic mass is 32.1. The predicted molar refractivity (Wildman–Crippen MR) is 362 cm³/mol. The van der Waals surface area contributed by atoms with Crippen LogP contribution < -0.4 is 0 Å². The van der Waals surface area contributed by atoms with Gasteiger partial charge in [-0.05, 0) is 55.4 Å². The first-order valence-corrected chi connectivity index (χ1v) is 31.8. The number of furan rings is 1. The lowest BCUT2D eigenvalue weighted by molar-refractivity contribution is 0.364. The summed E-state index contributed by atoms with van der Waals surface area (Å²) >= 11 is 3.44. The lowest BCUT2D eigenvalue weighted by Gasteiger charge is -2.00. The molecule has 10 aromatic rings. The van der Waals surface area contributed by atoms with Crippen molar-refractivity contribution in [1.29, 1.82) is 0 Å². The second-order valence-corrected chi connectivity index (χ2v) is 24.7. The molecule has 0 atom stereocenters. The zero-order valence-corrected chi connectivity index (χ0v) is 58.0. The summed E-state index contributed by atoms with van der Waals surface area (Å²) < 4.78 is 31.1. The van der Waals surface area contributed by atoms with Crippen molar-refractivity contribution in [3.63, 3.8) is 0 Å². The summed E-state index contributed by atoms with van der Waals surface area (Å²) in [4.78, 5) is 27.9. The number of hydrogen-bond donors (Lipinski definition) is 1. The molecule has 0 aromatic carbocycles. The van der Waals surface area contributed by atoms with Gasteiger partial charge >= 0.3 is 0 Å². The number of aliphatic imine (C=N–C) groups is 1. The van der Waals surface area contributed by atoms with Crippen LogP contribution in [0.1, 0.15) is 270 Å². The van der Waals surface area contributed by atoms with Crippen LogP contribution in [-0.2, 0) is 0 Å². The maximum atomic E-state index is 5.09. The van der Waals surface area contributed by atoms with Gasteiger partial charge in [-0.1, -0.05) is 167 Å². The smallest absolute Gasteiger partial charge is 0.228 e. The third-order valence-corrected chi connectivity index (χ3v) is 13.4. The summed E-state index contributed by atoms with van der Waals surface area (Å²) in [6, 6.07) is 10.1. The second kappa shape index (κ2) is 48.2.